The van der Waals surface area contributed by atoms with E-state index in [1.807, 2.05) is 6.07 Å². The average molecular weight is 328 g/mol. The smallest absolute Gasteiger partial charge is 0.338 e. The molecule has 0 saturated heterocycles. The van der Waals surface area contributed by atoms with Gasteiger partial charge in [-0.3, -0.25) is 0 Å². The van der Waals surface area contributed by atoms with E-state index in [0.717, 1.165) is 29.9 Å². The van der Waals surface area contributed by atoms with Crippen LogP contribution in [0.4, 0.5) is 11.4 Å². The number of fused-ring (bicyclic) bond motifs is 1. The van der Waals surface area contributed by atoms with Crippen LogP contribution in [0, 0.1) is 5.92 Å². The predicted molar refractivity (Wildman–Crippen MR) is 101 cm³/mol. The third-order valence-electron chi connectivity index (χ3n) is 5.31. The molecule has 1 aliphatic rings. The highest BCUT2D eigenvalue weighted by atomic mass is 16.4. The maximum absolute atomic E-state index is 12.0. The van der Waals surface area contributed by atoms with Crippen LogP contribution in [0.15, 0.2) is 33.5 Å². The van der Waals surface area contributed by atoms with E-state index < -0.39 is 0 Å². The second-order valence-corrected chi connectivity index (χ2v) is 6.84. The lowest BCUT2D eigenvalue weighted by atomic mass is 9.86. The Kier molecular flexibility index (Phi) is 5.12. The molecule has 3 rings (SSSR count). The zero-order valence-corrected chi connectivity index (χ0v) is 15.0. The van der Waals surface area contributed by atoms with E-state index in [9.17, 15) is 4.79 Å². The average Bonchev–Trinajstić information content (AvgIpc) is 2.57. The van der Waals surface area contributed by atoms with Crippen molar-refractivity contribution in [2.75, 3.05) is 23.3 Å². The van der Waals surface area contributed by atoms with Gasteiger partial charge in [0, 0.05) is 42.3 Å². The van der Waals surface area contributed by atoms with Gasteiger partial charge in [0.05, 0.1) is 5.69 Å². The summed E-state index contributed by atoms with van der Waals surface area (Å²) in [5.41, 5.74) is 2.38. The third kappa shape index (κ3) is 3.42. The summed E-state index contributed by atoms with van der Waals surface area (Å²) in [5, 5.41) is 4.61. The SMILES string of the molecule is CCN(CC)c1ccc2c(N[C@H]3CCCC[C@@H]3C)cc(=O)oc2c1. The van der Waals surface area contributed by atoms with Gasteiger partial charge >= 0.3 is 5.63 Å². The zero-order chi connectivity index (χ0) is 17.1. The zero-order valence-electron chi connectivity index (χ0n) is 15.0. The highest BCUT2D eigenvalue weighted by Gasteiger charge is 2.22. The maximum atomic E-state index is 12.0. The monoisotopic (exact) mass is 328 g/mol. The molecule has 1 N–H and O–H groups in total. The fourth-order valence-electron chi connectivity index (χ4n) is 3.79. The largest absolute Gasteiger partial charge is 0.423 e. The molecule has 0 unspecified atom stereocenters. The number of benzene rings is 1. The molecule has 1 fully saturated rings. The van der Waals surface area contributed by atoms with Gasteiger partial charge in [-0.15, -0.1) is 0 Å². The summed E-state index contributed by atoms with van der Waals surface area (Å²) >= 11 is 0. The van der Waals surface area contributed by atoms with Crippen LogP contribution >= 0.6 is 0 Å². The first-order valence-electron chi connectivity index (χ1n) is 9.21. The second kappa shape index (κ2) is 7.29. The Morgan fingerprint density at radius 1 is 1.17 bits per heavy atom. The first-order chi connectivity index (χ1) is 11.6. The molecule has 2 aromatic rings. The minimum Gasteiger partial charge on any atom is -0.423 e. The van der Waals surface area contributed by atoms with Crippen molar-refractivity contribution in [1.82, 2.24) is 0 Å². The summed E-state index contributed by atoms with van der Waals surface area (Å²) in [7, 11) is 0. The van der Waals surface area contributed by atoms with Crippen molar-refractivity contribution in [2.45, 2.75) is 52.5 Å². The molecule has 1 heterocycles. The molecule has 0 radical (unpaired) electrons. The normalized spacial score (nSPS) is 21.0. The van der Waals surface area contributed by atoms with Crippen LogP contribution in [0.3, 0.4) is 0 Å². The molecule has 1 aromatic carbocycles. The quantitative estimate of drug-likeness (QED) is 0.813. The minimum atomic E-state index is -0.287. The molecular formula is C20H28N2O2. The van der Waals surface area contributed by atoms with E-state index in [1.54, 1.807) is 6.07 Å². The van der Waals surface area contributed by atoms with Crippen molar-refractivity contribution in [2.24, 2.45) is 5.92 Å². The summed E-state index contributed by atoms with van der Waals surface area (Å²) in [4.78, 5) is 14.3. The number of hydrogen-bond acceptors (Lipinski definition) is 4. The van der Waals surface area contributed by atoms with Crippen molar-refractivity contribution >= 4 is 22.3 Å². The standard InChI is InChI=1S/C20H28N2O2/c1-4-22(5-2)15-10-11-16-18(13-20(23)24-19(16)12-15)21-17-9-7-6-8-14(17)3/h10-14,17,21H,4-9H2,1-3H3/t14-,17-/m0/s1. The first-order valence-corrected chi connectivity index (χ1v) is 9.21. The molecule has 0 aliphatic heterocycles. The lowest BCUT2D eigenvalue weighted by molar-refractivity contribution is 0.349. The number of nitrogens with one attached hydrogen (secondary N) is 1. The second-order valence-electron chi connectivity index (χ2n) is 6.84. The van der Waals surface area contributed by atoms with Crippen molar-refractivity contribution in [3.05, 3.63) is 34.7 Å². The fourth-order valence-corrected chi connectivity index (χ4v) is 3.79. The third-order valence-corrected chi connectivity index (χ3v) is 5.31. The van der Waals surface area contributed by atoms with Crippen LogP contribution in [0.2, 0.25) is 0 Å². The Morgan fingerprint density at radius 3 is 2.62 bits per heavy atom. The van der Waals surface area contributed by atoms with Gasteiger partial charge in [-0.1, -0.05) is 19.8 Å². The highest BCUT2D eigenvalue weighted by molar-refractivity contribution is 5.91. The van der Waals surface area contributed by atoms with Gasteiger partial charge in [0.2, 0.25) is 0 Å². The predicted octanol–water partition coefficient (Wildman–Crippen LogP) is 4.63. The summed E-state index contributed by atoms with van der Waals surface area (Å²) in [6.07, 6.45) is 4.99. The Hall–Kier alpha value is -1.97. The molecule has 0 spiro atoms. The van der Waals surface area contributed by atoms with Gasteiger partial charge in [-0.05, 0) is 44.7 Å². The molecule has 2 atom stereocenters. The number of nitrogens with zero attached hydrogens (tertiary/aromatic N) is 1. The maximum Gasteiger partial charge on any atom is 0.338 e. The van der Waals surface area contributed by atoms with E-state index >= 15 is 0 Å². The Labute approximate surface area is 143 Å². The van der Waals surface area contributed by atoms with E-state index in [-0.39, 0.29) is 5.63 Å². The Bertz CT molecular complexity index is 749. The fraction of sp³-hybridized carbons (Fsp3) is 0.550. The summed E-state index contributed by atoms with van der Waals surface area (Å²) < 4.78 is 5.48. The van der Waals surface area contributed by atoms with E-state index in [0.29, 0.717) is 17.5 Å². The van der Waals surface area contributed by atoms with Crippen molar-refractivity contribution in [3.8, 4) is 0 Å². The molecule has 1 aliphatic carbocycles. The number of anilines is 2. The lowest BCUT2D eigenvalue weighted by Crippen LogP contribution is -2.30. The van der Waals surface area contributed by atoms with E-state index in [4.69, 9.17) is 4.42 Å². The lowest BCUT2D eigenvalue weighted by Gasteiger charge is -2.30. The molecule has 130 valence electrons. The molecule has 1 aromatic heterocycles. The van der Waals surface area contributed by atoms with Gasteiger partial charge in [-0.2, -0.15) is 0 Å². The molecule has 0 bridgehead atoms. The Morgan fingerprint density at radius 2 is 1.92 bits per heavy atom. The van der Waals surface area contributed by atoms with E-state index in [1.165, 1.54) is 25.7 Å². The number of rotatable bonds is 5. The van der Waals surface area contributed by atoms with Gasteiger partial charge in [0.25, 0.3) is 0 Å². The summed E-state index contributed by atoms with van der Waals surface area (Å²) in [5.74, 6) is 0.635. The highest BCUT2D eigenvalue weighted by Crippen LogP contribution is 2.31. The van der Waals surface area contributed by atoms with Crippen molar-refractivity contribution < 1.29 is 4.42 Å². The van der Waals surface area contributed by atoms with Crippen LogP contribution in [-0.4, -0.2) is 19.1 Å². The van der Waals surface area contributed by atoms with Crippen LogP contribution < -0.4 is 15.8 Å². The van der Waals surface area contributed by atoms with Crippen molar-refractivity contribution in [1.29, 1.82) is 0 Å². The van der Waals surface area contributed by atoms with Crippen LogP contribution in [0.5, 0.6) is 0 Å². The van der Waals surface area contributed by atoms with Crippen LogP contribution in [0.25, 0.3) is 11.0 Å². The first kappa shape index (κ1) is 16.9. The molecule has 4 heteroatoms. The van der Waals surface area contributed by atoms with Crippen LogP contribution in [0.1, 0.15) is 46.5 Å². The molecule has 24 heavy (non-hydrogen) atoms. The molecular weight excluding hydrogens is 300 g/mol. The molecule has 4 nitrogen and oxygen atoms in total. The summed E-state index contributed by atoms with van der Waals surface area (Å²) in [6, 6.07) is 8.21. The van der Waals surface area contributed by atoms with Crippen LogP contribution in [-0.2, 0) is 0 Å². The topological polar surface area (TPSA) is 45.5 Å². The Balaban J connectivity index is 1.97. The van der Waals surface area contributed by atoms with Gasteiger partial charge in [0.15, 0.2) is 0 Å². The van der Waals surface area contributed by atoms with Gasteiger partial charge in [0.1, 0.15) is 5.58 Å². The van der Waals surface area contributed by atoms with Gasteiger partial charge in [-0.25, -0.2) is 4.79 Å². The minimum absolute atomic E-state index is 0.287. The number of hydrogen-bond donors (Lipinski definition) is 1. The van der Waals surface area contributed by atoms with E-state index in [2.05, 4.69) is 43.1 Å². The summed E-state index contributed by atoms with van der Waals surface area (Å²) in [6.45, 7) is 8.43. The van der Waals surface area contributed by atoms with Crippen molar-refractivity contribution in [3.63, 3.8) is 0 Å². The molecule has 0 amide bonds. The van der Waals surface area contributed by atoms with Gasteiger partial charge < -0.3 is 14.6 Å². The molecule has 1 saturated carbocycles.